The van der Waals surface area contributed by atoms with Gasteiger partial charge in [0.15, 0.2) is 0 Å². The van der Waals surface area contributed by atoms with Gasteiger partial charge in [-0.2, -0.15) is 0 Å². The molecule has 0 N–H and O–H groups in total. The zero-order chi connectivity index (χ0) is 13.2. The molecule has 0 fully saturated rings. The molecule has 2 atom stereocenters. The molecule has 19 heavy (non-hydrogen) atoms. The van der Waals surface area contributed by atoms with Crippen molar-refractivity contribution >= 4 is 15.9 Å². The van der Waals surface area contributed by atoms with Crippen LogP contribution in [0.15, 0.2) is 48.5 Å². The average Bonchev–Trinajstić information content (AvgIpc) is 2.45. The molecule has 0 spiro atoms. The Morgan fingerprint density at radius 1 is 1.05 bits per heavy atom. The lowest BCUT2D eigenvalue weighted by molar-refractivity contribution is 0.452. The molecule has 0 nitrogen and oxygen atoms in total. The maximum Gasteiger partial charge on any atom is 0.123 e. The van der Waals surface area contributed by atoms with E-state index in [0.29, 0.717) is 10.7 Å². The summed E-state index contributed by atoms with van der Waals surface area (Å²) >= 11 is 3.85. The fraction of sp³-hybridized carbons (Fsp3) is 0.294. The van der Waals surface area contributed by atoms with Crippen LogP contribution in [0.25, 0.3) is 0 Å². The summed E-state index contributed by atoms with van der Waals surface area (Å²) in [5, 5.41) is 0. The van der Waals surface area contributed by atoms with Crippen molar-refractivity contribution in [3.63, 3.8) is 0 Å². The zero-order valence-electron chi connectivity index (χ0n) is 10.7. The smallest absolute Gasteiger partial charge is 0.123 e. The fourth-order valence-corrected chi connectivity index (χ4v) is 3.80. The second kappa shape index (κ2) is 5.46. The predicted molar refractivity (Wildman–Crippen MR) is 80.0 cm³/mol. The highest BCUT2D eigenvalue weighted by Gasteiger charge is 2.27. The molecule has 0 saturated heterocycles. The zero-order valence-corrected chi connectivity index (χ0v) is 12.2. The Labute approximate surface area is 121 Å². The van der Waals surface area contributed by atoms with Crippen LogP contribution in [0.3, 0.4) is 0 Å². The van der Waals surface area contributed by atoms with Crippen LogP contribution >= 0.6 is 15.9 Å². The van der Waals surface area contributed by atoms with Crippen molar-refractivity contribution < 1.29 is 4.39 Å². The van der Waals surface area contributed by atoms with Crippen molar-refractivity contribution in [2.75, 3.05) is 0 Å². The highest BCUT2D eigenvalue weighted by Crippen LogP contribution is 2.41. The molecule has 1 aliphatic rings. The number of halogens is 2. The minimum Gasteiger partial charge on any atom is -0.207 e. The van der Waals surface area contributed by atoms with E-state index < -0.39 is 0 Å². The normalized spacial score (nSPS) is 22.0. The summed E-state index contributed by atoms with van der Waals surface area (Å²) in [6.45, 7) is 0. The summed E-state index contributed by atoms with van der Waals surface area (Å²) in [4.78, 5) is 0.405. The van der Waals surface area contributed by atoms with Crippen LogP contribution in [-0.4, -0.2) is 0 Å². The molecule has 0 saturated carbocycles. The molecule has 98 valence electrons. The molecule has 0 amide bonds. The first-order valence-corrected chi connectivity index (χ1v) is 7.62. The van der Waals surface area contributed by atoms with Gasteiger partial charge in [-0.25, -0.2) is 4.39 Å². The molecule has 0 heterocycles. The Bertz CT molecular complexity index is 562. The maximum atomic E-state index is 12.9. The van der Waals surface area contributed by atoms with E-state index in [1.807, 2.05) is 12.1 Å². The number of alkyl halides is 1. The van der Waals surface area contributed by atoms with Crippen LogP contribution in [0.5, 0.6) is 0 Å². The van der Waals surface area contributed by atoms with E-state index in [4.69, 9.17) is 0 Å². The number of benzene rings is 2. The van der Waals surface area contributed by atoms with Crippen LogP contribution in [0.1, 0.15) is 27.9 Å². The molecule has 0 bridgehead atoms. The van der Waals surface area contributed by atoms with E-state index in [2.05, 4.69) is 40.2 Å². The van der Waals surface area contributed by atoms with Crippen LogP contribution in [0.4, 0.5) is 4.39 Å². The van der Waals surface area contributed by atoms with Gasteiger partial charge in [0.2, 0.25) is 0 Å². The average molecular weight is 319 g/mol. The van der Waals surface area contributed by atoms with Crippen molar-refractivity contribution in [3.8, 4) is 0 Å². The molecule has 0 aromatic heterocycles. The van der Waals surface area contributed by atoms with Gasteiger partial charge in [-0.3, -0.25) is 0 Å². The van der Waals surface area contributed by atoms with Crippen molar-refractivity contribution in [1.29, 1.82) is 0 Å². The lowest BCUT2D eigenvalue weighted by atomic mass is 9.81. The molecule has 2 unspecified atom stereocenters. The standard InChI is InChI=1S/C17H16BrF/c18-17-14(11-12-5-9-15(19)10-6-12)8-7-13-3-1-2-4-16(13)17/h1-6,9-10,14,17H,7-8,11H2. The minimum atomic E-state index is -0.159. The topological polar surface area (TPSA) is 0 Å². The molecule has 1 aliphatic carbocycles. The summed E-state index contributed by atoms with van der Waals surface area (Å²) in [5.74, 6) is 0.425. The summed E-state index contributed by atoms with van der Waals surface area (Å²) < 4.78 is 12.9. The lowest BCUT2D eigenvalue weighted by Gasteiger charge is -2.30. The number of hydrogen-bond donors (Lipinski definition) is 0. The van der Waals surface area contributed by atoms with Gasteiger partial charge in [-0.15, -0.1) is 0 Å². The first-order chi connectivity index (χ1) is 9.24. The quantitative estimate of drug-likeness (QED) is 0.678. The van der Waals surface area contributed by atoms with E-state index in [9.17, 15) is 4.39 Å². The molecule has 0 aliphatic heterocycles. The van der Waals surface area contributed by atoms with Gasteiger partial charge in [0, 0.05) is 4.83 Å². The lowest BCUT2D eigenvalue weighted by Crippen LogP contribution is -2.18. The third-order valence-electron chi connectivity index (χ3n) is 3.96. The van der Waals surface area contributed by atoms with Gasteiger partial charge in [0.25, 0.3) is 0 Å². The van der Waals surface area contributed by atoms with Gasteiger partial charge >= 0.3 is 0 Å². The molecule has 2 aromatic rings. The largest absolute Gasteiger partial charge is 0.207 e. The number of aryl methyl sites for hydroxylation is 1. The Hall–Kier alpha value is -1.15. The molecule has 2 aromatic carbocycles. The Morgan fingerprint density at radius 2 is 1.79 bits per heavy atom. The Morgan fingerprint density at radius 3 is 2.58 bits per heavy atom. The van der Waals surface area contributed by atoms with Crippen LogP contribution in [0, 0.1) is 11.7 Å². The molecule has 0 radical (unpaired) electrons. The highest BCUT2D eigenvalue weighted by atomic mass is 79.9. The number of hydrogen-bond acceptors (Lipinski definition) is 0. The SMILES string of the molecule is Fc1ccc(CC2CCc3ccccc3C2Br)cc1. The first-order valence-electron chi connectivity index (χ1n) is 6.70. The van der Waals surface area contributed by atoms with Gasteiger partial charge in [0.1, 0.15) is 5.82 Å². The monoisotopic (exact) mass is 318 g/mol. The van der Waals surface area contributed by atoms with Gasteiger partial charge in [-0.1, -0.05) is 52.3 Å². The van der Waals surface area contributed by atoms with Crippen LogP contribution < -0.4 is 0 Å². The van der Waals surface area contributed by atoms with Crippen molar-refractivity contribution in [3.05, 3.63) is 71.0 Å². The van der Waals surface area contributed by atoms with Crippen molar-refractivity contribution in [2.45, 2.75) is 24.1 Å². The molecular weight excluding hydrogens is 303 g/mol. The molecule has 2 heteroatoms. The third-order valence-corrected chi connectivity index (χ3v) is 5.20. The Kier molecular flexibility index (Phi) is 3.69. The number of rotatable bonds is 2. The summed E-state index contributed by atoms with van der Waals surface area (Å²) in [5.41, 5.74) is 4.09. The van der Waals surface area contributed by atoms with Gasteiger partial charge in [-0.05, 0) is 54.0 Å². The van der Waals surface area contributed by atoms with E-state index in [1.165, 1.54) is 23.1 Å². The van der Waals surface area contributed by atoms with Crippen molar-refractivity contribution in [1.82, 2.24) is 0 Å². The van der Waals surface area contributed by atoms with E-state index in [1.54, 1.807) is 12.1 Å². The molecular formula is C17H16BrF. The maximum absolute atomic E-state index is 12.9. The van der Waals surface area contributed by atoms with E-state index >= 15 is 0 Å². The summed E-state index contributed by atoms with van der Waals surface area (Å²) in [7, 11) is 0. The minimum absolute atomic E-state index is 0.159. The van der Waals surface area contributed by atoms with Crippen molar-refractivity contribution in [2.24, 2.45) is 5.92 Å². The van der Waals surface area contributed by atoms with E-state index in [0.717, 1.165) is 12.8 Å². The Balaban J connectivity index is 1.79. The van der Waals surface area contributed by atoms with E-state index in [-0.39, 0.29) is 5.82 Å². The fourth-order valence-electron chi connectivity index (χ4n) is 2.90. The van der Waals surface area contributed by atoms with Crippen LogP contribution in [-0.2, 0) is 12.8 Å². The third kappa shape index (κ3) is 2.74. The van der Waals surface area contributed by atoms with Crippen LogP contribution in [0.2, 0.25) is 0 Å². The second-order valence-corrected chi connectivity index (χ2v) is 6.22. The van der Waals surface area contributed by atoms with Gasteiger partial charge in [0.05, 0.1) is 0 Å². The summed E-state index contributed by atoms with van der Waals surface area (Å²) in [6.07, 6.45) is 3.33. The first kappa shape index (κ1) is 12.9. The second-order valence-electron chi connectivity index (χ2n) is 5.23. The predicted octanol–water partition coefficient (Wildman–Crippen LogP) is 5.07. The summed E-state index contributed by atoms with van der Waals surface area (Å²) in [6, 6.07) is 15.5. The molecule has 3 rings (SSSR count). The highest BCUT2D eigenvalue weighted by molar-refractivity contribution is 9.09. The van der Waals surface area contributed by atoms with Gasteiger partial charge < -0.3 is 0 Å². The number of fused-ring (bicyclic) bond motifs is 1.